The third kappa shape index (κ3) is 7.67. The van der Waals surface area contributed by atoms with Crippen LogP contribution in [0.4, 0.5) is 0 Å². The van der Waals surface area contributed by atoms with Crippen LogP contribution in [0, 0.1) is 0 Å². The molecule has 2 heterocycles. The molecule has 5 rings (SSSR count). The lowest BCUT2D eigenvalue weighted by Crippen LogP contribution is -2.16. The van der Waals surface area contributed by atoms with Gasteiger partial charge in [0.05, 0.1) is 17.1 Å². The number of aromatic hydroxyl groups is 1. The number of phenols is 1. The van der Waals surface area contributed by atoms with Gasteiger partial charge in [0.25, 0.3) is 0 Å². The third-order valence-electron chi connectivity index (χ3n) is 9.02. The maximum Gasteiger partial charge on any atom is 0.124 e. The van der Waals surface area contributed by atoms with Crippen LogP contribution >= 0.6 is 0 Å². The Labute approximate surface area is 283 Å². The van der Waals surface area contributed by atoms with Gasteiger partial charge in [-0.3, -0.25) is 4.98 Å². The van der Waals surface area contributed by atoms with Crippen LogP contribution in [-0.4, -0.2) is 15.1 Å². The molecule has 0 radical (unpaired) electrons. The van der Waals surface area contributed by atoms with Gasteiger partial charge in [0.1, 0.15) is 5.75 Å². The summed E-state index contributed by atoms with van der Waals surface area (Å²) in [6, 6.07) is 29.9. The van der Waals surface area contributed by atoms with Crippen molar-refractivity contribution < 1.29 is 5.11 Å². The highest BCUT2D eigenvalue weighted by atomic mass is 16.3. The van der Waals surface area contributed by atoms with Crippen LogP contribution in [0.1, 0.15) is 105 Å². The highest BCUT2D eigenvalue weighted by Crippen LogP contribution is 2.40. The Kier molecular flexibility index (Phi) is 8.77. The molecular weight excluding hydrogens is 572 g/mol. The highest BCUT2D eigenvalue weighted by Gasteiger charge is 2.23. The number of hydrogen-bond acceptors (Lipinski definition) is 3. The predicted molar refractivity (Wildman–Crippen MR) is 200 cm³/mol. The van der Waals surface area contributed by atoms with Gasteiger partial charge in [0.15, 0.2) is 0 Å². The zero-order chi connectivity index (χ0) is 34.5. The maximum absolute atomic E-state index is 11.0. The normalized spacial score (nSPS) is 12.8. The Bertz CT molecular complexity index is 1890. The molecule has 0 saturated heterocycles. The van der Waals surface area contributed by atoms with E-state index in [1.807, 2.05) is 24.4 Å². The Morgan fingerprint density at radius 1 is 0.426 bits per heavy atom. The SMILES string of the molecule is CC(C)(C)c1cc(-c2cc(C(C)(C)C)ccn2)cc(-c2cc(-c3cc(C(C)(C)C)cc(C(C)(C)C)c3)cc(-c3ccccc3O)n2)c1. The predicted octanol–water partition coefficient (Wildman–Crippen LogP) is 12.0. The van der Waals surface area contributed by atoms with Crippen LogP contribution in [0.3, 0.4) is 0 Å². The second-order valence-corrected chi connectivity index (χ2v) is 17.2. The van der Waals surface area contributed by atoms with Crippen LogP contribution in [0.5, 0.6) is 5.75 Å². The minimum Gasteiger partial charge on any atom is -0.507 e. The van der Waals surface area contributed by atoms with E-state index in [4.69, 9.17) is 9.97 Å². The summed E-state index contributed by atoms with van der Waals surface area (Å²) < 4.78 is 0. The van der Waals surface area contributed by atoms with Gasteiger partial charge in [-0.15, -0.1) is 0 Å². The molecular formula is C44H52N2O. The summed E-state index contributed by atoms with van der Waals surface area (Å²) in [4.78, 5) is 10.1. The molecule has 3 heteroatoms. The number of aromatic nitrogens is 2. The van der Waals surface area contributed by atoms with Crippen molar-refractivity contribution in [2.45, 2.75) is 105 Å². The van der Waals surface area contributed by atoms with E-state index in [-0.39, 0.29) is 27.4 Å². The van der Waals surface area contributed by atoms with Crippen molar-refractivity contribution in [3.63, 3.8) is 0 Å². The van der Waals surface area contributed by atoms with E-state index >= 15 is 0 Å². The van der Waals surface area contributed by atoms with Crippen LogP contribution in [0.2, 0.25) is 0 Å². The van der Waals surface area contributed by atoms with E-state index in [1.54, 1.807) is 6.07 Å². The Hall–Kier alpha value is -4.24. The summed E-state index contributed by atoms with van der Waals surface area (Å²) in [5.74, 6) is 0.217. The van der Waals surface area contributed by atoms with Crippen molar-refractivity contribution in [3.8, 4) is 50.6 Å². The highest BCUT2D eigenvalue weighted by molar-refractivity contribution is 5.81. The topological polar surface area (TPSA) is 46.0 Å². The van der Waals surface area contributed by atoms with Gasteiger partial charge < -0.3 is 5.11 Å². The number of rotatable bonds is 4. The molecule has 0 spiro atoms. The van der Waals surface area contributed by atoms with E-state index in [1.165, 1.54) is 22.3 Å². The lowest BCUT2D eigenvalue weighted by molar-refractivity contribution is 0.477. The van der Waals surface area contributed by atoms with Crippen LogP contribution in [0.15, 0.2) is 91.1 Å². The monoisotopic (exact) mass is 624 g/mol. The van der Waals surface area contributed by atoms with Crippen molar-refractivity contribution in [1.82, 2.24) is 9.97 Å². The van der Waals surface area contributed by atoms with Crippen LogP contribution in [-0.2, 0) is 21.7 Å². The van der Waals surface area contributed by atoms with Gasteiger partial charge in [-0.2, -0.15) is 0 Å². The van der Waals surface area contributed by atoms with Gasteiger partial charge in [-0.25, -0.2) is 4.98 Å². The summed E-state index contributed by atoms with van der Waals surface area (Å²) in [5.41, 5.74) is 12.5. The van der Waals surface area contributed by atoms with Gasteiger partial charge in [0, 0.05) is 22.9 Å². The first-order chi connectivity index (χ1) is 21.7. The average molecular weight is 625 g/mol. The van der Waals surface area contributed by atoms with E-state index in [2.05, 4.69) is 144 Å². The second kappa shape index (κ2) is 12.1. The zero-order valence-electron chi connectivity index (χ0n) is 30.5. The van der Waals surface area contributed by atoms with Crippen molar-refractivity contribution in [3.05, 3.63) is 113 Å². The fourth-order valence-corrected chi connectivity index (χ4v) is 5.74. The summed E-state index contributed by atoms with van der Waals surface area (Å²) in [6.07, 6.45) is 1.92. The fourth-order valence-electron chi connectivity index (χ4n) is 5.74. The van der Waals surface area contributed by atoms with Crippen molar-refractivity contribution in [2.75, 3.05) is 0 Å². The number of pyridine rings is 2. The van der Waals surface area contributed by atoms with Gasteiger partial charge in [0.2, 0.25) is 0 Å². The summed E-state index contributed by atoms with van der Waals surface area (Å²) in [6.45, 7) is 27.1. The maximum atomic E-state index is 11.0. The molecule has 0 atom stereocenters. The largest absolute Gasteiger partial charge is 0.507 e. The molecule has 2 aromatic heterocycles. The molecule has 1 N–H and O–H groups in total. The smallest absolute Gasteiger partial charge is 0.124 e. The molecule has 0 unspecified atom stereocenters. The summed E-state index contributed by atoms with van der Waals surface area (Å²) in [7, 11) is 0. The average Bonchev–Trinajstić information content (AvgIpc) is 2.99. The first-order valence-corrected chi connectivity index (χ1v) is 16.8. The zero-order valence-corrected chi connectivity index (χ0v) is 30.5. The Morgan fingerprint density at radius 3 is 1.45 bits per heavy atom. The van der Waals surface area contributed by atoms with Crippen molar-refractivity contribution in [1.29, 1.82) is 0 Å². The van der Waals surface area contributed by atoms with Crippen molar-refractivity contribution in [2.24, 2.45) is 0 Å². The van der Waals surface area contributed by atoms with Crippen LogP contribution < -0.4 is 0 Å². The molecule has 0 aliphatic rings. The lowest BCUT2D eigenvalue weighted by atomic mass is 9.79. The third-order valence-corrected chi connectivity index (χ3v) is 9.02. The molecule has 0 aliphatic carbocycles. The standard InChI is InChI=1S/C44H52N2O/c1-41(2,3)32-17-18-45-37(27-32)30-19-31(23-33(22-30)42(4,5)6)38-24-29(25-39(46-38)36-15-13-14-16-40(36)47)28-20-34(43(7,8)9)26-35(21-28)44(10,11)12/h13-27,47H,1-12H3. The number of hydrogen-bond donors (Lipinski definition) is 1. The molecule has 0 aliphatic heterocycles. The van der Waals surface area contributed by atoms with Crippen molar-refractivity contribution >= 4 is 0 Å². The molecule has 3 nitrogen and oxygen atoms in total. The Balaban J connectivity index is 1.81. The molecule has 5 aromatic rings. The van der Waals surface area contributed by atoms with E-state index in [9.17, 15) is 5.11 Å². The molecule has 0 bridgehead atoms. The quantitative estimate of drug-likeness (QED) is 0.216. The number of phenolic OH excluding ortho intramolecular Hbond substituents is 1. The molecule has 0 fully saturated rings. The molecule has 3 aromatic carbocycles. The first kappa shape index (κ1) is 34.1. The summed E-state index contributed by atoms with van der Waals surface area (Å²) in [5, 5.41) is 11.0. The minimum atomic E-state index is -0.0901. The molecule has 47 heavy (non-hydrogen) atoms. The molecule has 244 valence electrons. The minimum absolute atomic E-state index is 0.0120. The molecule has 0 saturated carbocycles. The Morgan fingerprint density at radius 2 is 0.894 bits per heavy atom. The van der Waals surface area contributed by atoms with E-state index < -0.39 is 0 Å². The van der Waals surface area contributed by atoms with E-state index in [0.717, 1.165) is 39.3 Å². The van der Waals surface area contributed by atoms with E-state index in [0.29, 0.717) is 5.56 Å². The van der Waals surface area contributed by atoms with Gasteiger partial charge in [-0.1, -0.05) is 113 Å². The molecule has 0 amide bonds. The number of nitrogens with zero attached hydrogens (tertiary/aromatic N) is 2. The summed E-state index contributed by atoms with van der Waals surface area (Å²) >= 11 is 0. The lowest BCUT2D eigenvalue weighted by Gasteiger charge is -2.26. The second-order valence-electron chi connectivity index (χ2n) is 17.2. The first-order valence-electron chi connectivity index (χ1n) is 16.8. The number of benzene rings is 3. The number of para-hydroxylation sites is 1. The van der Waals surface area contributed by atoms with Gasteiger partial charge in [-0.05, 0) is 110 Å². The van der Waals surface area contributed by atoms with Gasteiger partial charge >= 0.3 is 0 Å². The van der Waals surface area contributed by atoms with Crippen LogP contribution in [0.25, 0.3) is 44.9 Å². The fraction of sp³-hybridized carbons (Fsp3) is 0.364.